The van der Waals surface area contributed by atoms with Gasteiger partial charge in [-0.2, -0.15) is 5.26 Å². The van der Waals surface area contributed by atoms with E-state index in [9.17, 15) is 15.2 Å². The Morgan fingerprint density at radius 1 is 0.963 bits per heavy atom. The maximum absolute atomic E-state index is 11.0. The van der Waals surface area contributed by atoms with Gasteiger partial charge in [-0.05, 0) is 103 Å². The molecule has 0 fully saturated rings. The molecule has 1 unspecified atom stereocenters. The summed E-state index contributed by atoms with van der Waals surface area (Å²) in [7, 11) is 4.31. The van der Waals surface area contributed by atoms with E-state index in [-0.39, 0.29) is 32.7 Å². The number of halogens is 1. The second-order valence-corrected chi connectivity index (χ2v) is 14.5. The number of aliphatic hydroxyl groups is 1. The average molecular weight is 745 g/mol. The Hall–Kier alpha value is -5.24. The van der Waals surface area contributed by atoms with Crippen molar-refractivity contribution >= 4 is 17.6 Å². The number of nitrogens with one attached hydrogen (secondary N) is 1. The van der Waals surface area contributed by atoms with E-state index in [1.165, 1.54) is 39.6 Å². The summed E-state index contributed by atoms with van der Waals surface area (Å²) in [5.41, 5.74) is 12.8. The van der Waals surface area contributed by atoms with Crippen LogP contribution < -0.4 is 14.8 Å². The molecule has 0 saturated carbocycles. The number of ether oxygens (including phenoxy) is 2. The molecule has 0 amide bonds. The van der Waals surface area contributed by atoms with Crippen molar-refractivity contribution in [2.24, 2.45) is 0 Å². The third-order valence-corrected chi connectivity index (χ3v) is 10.4. The molecule has 0 aliphatic heterocycles. The van der Waals surface area contributed by atoms with Crippen LogP contribution >= 0.6 is 11.6 Å². The number of pyridine rings is 1. The zero-order chi connectivity index (χ0) is 38.4. The van der Waals surface area contributed by atoms with Crippen molar-refractivity contribution in [1.29, 1.82) is 5.26 Å². The summed E-state index contributed by atoms with van der Waals surface area (Å²) in [5, 5.41) is 31.8. The van der Waals surface area contributed by atoms with Gasteiger partial charge in [0.25, 0.3) is 0 Å². The van der Waals surface area contributed by atoms with Crippen molar-refractivity contribution in [1.82, 2.24) is 15.2 Å². The Bertz CT molecular complexity index is 2200. The summed E-state index contributed by atoms with van der Waals surface area (Å²) in [5.74, 6) is -0.163. The Morgan fingerprint density at radius 3 is 2.46 bits per heavy atom. The molecular weight excluding hydrogens is 700 g/mol. The number of carboxylic acid groups (broad SMARTS) is 1. The molecule has 4 aromatic carbocycles. The van der Waals surface area contributed by atoms with E-state index in [0.717, 1.165) is 29.5 Å². The maximum atomic E-state index is 11.0. The highest BCUT2D eigenvalue weighted by molar-refractivity contribution is 6.32. The Morgan fingerprint density at radius 2 is 1.70 bits per heavy atom. The van der Waals surface area contributed by atoms with E-state index in [1.54, 1.807) is 24.4 Å². The lowest BCUT2D eigenvalue weighted by molar-refractivity contribution is -0.139. The predicted octanol–water partition coefficient (Wildman–Crippen LogP) is 8.19. The number of nitriles is 1. The van der Waals surface area contributed by atoms with Crippen LogP contribution in [-0.4, -0.2) is 52.8 Å². The van der Waals surface area contributed by atoms with Gasteiger partial charge in [0.15, 0.2) is 0 Å². The number of rotatable bonds is 15. The molecule has 1 aromatic heterocycles. The van der Waals surface area contributed by atoms with Gasteiger partial charge in [-0.3, -0.25) is 9.78 Å². The number of carbonyl (C=O) groups is 1. The molecule has 278 valence electrons. The van der Waals surface area contributed by atoms with E-state index >= 15 is 0 Å². The summed E-state index contributed by atoms with van der Waals surface area (Å²) in [6.07, 6.45) is 3.94. The molecule has 6 rings (SSSR count). The fraction of sp³-hybridized carbons (Fsp3) is 0.295. The number of aromatic nitrogens is 1. The molecule has 2 atom stereocenters. The van der Waals surface area contributed by atoms with Crippen molar-refractivity contribution in [2.75, 3.05) is 20.6 Å². The van der Waals surface area contributed by atoms with Crippen LogP contribution in [0.15, 0.2) is 85.2 Å². The van der Waals surface area contributed by atoms with Crippen LogP contribution in [0.3, 0.4) is 0 Å². The number of hydrogen-bond donors (Lipinski definition) is 3. The third kappa shape index (κ3) is 8.92. The highest BCUT2D eigenvalue weighted by Crippen LogP contribution is 2.40. The summed E-state index contributed by atoms with van der Waals surface area (Å²) in [4.78, 5) is 17.4. The van der Waals surface area contributed by atoms with Crippen molar-refractivity contribution in [3.05, 3.63) is 135 Å². The number of aliphatic carboxylic acids is 1. The zero-order valence-electron chi connectivity index (χ0n) is 31.0. The number of aliphatic hydroxyl groups excluding tert-OH is 1. The van der Waals surface area contributed by atoms with Crippen molar-refractivity contribution in [3.63, 3.8) is 0 Å². The van der Waals surface area contributed by atoms with Crippen LogP contribution in [0.4, 0.5) is 0 Å². The molecule has 3 N–H and O–H groups in total. The summed E-state index contributed by atoms with van der Waals surface area (Å²) < 4.78 is 12.6. The number of benzene rings is 4. The second kappa shape index (κ2) is 17.3. The normalized spacial score (nSPS) is 14.1. The smallest absolute Gasteiger partial charge is 0.306 e. The number of hydrogen-bond acceptors (Lipinski definition) is 8. The minimum atomic E-state index is -1.08. The maximum Gasteiger partial charge on any atom is 0.306 e. The number of aryl methyl sites for hydroxylation is 1. The largest absolute Gasteiger partial charge is 0.488 e. The molecule has 1 heterocycles. The van der Waals surface area contributed by atoms with E-state index in [0.29, 0.717) is 39.3 Å². The highest BCUT2D eigenvalue weighted by atomic mass is 35.5. The first-order valence-corrected chi connectivity index (χ1v) is 18.4. The lowest BCUT2D eigenvalue weighted by Gasteiger charge is -2.20. The third-order valence-electron chi connectivity index (χ3n) is 10.1. The van der Waals surface area contributed by atoms with Crippen LogP contribution in [0.5, 0.6) is 11.5 Å². The molecule has 54 heavy (non-hydrogen) atoms. The molecule has 0 bridgehead atoms. The highest BCUT2D eigenvalue weighted by Gasteiger charge is 2.25. The van der Waals surface area contributed by atoms with Crippen LogP contribution in [0, 0.1) is 25.2 Å². The first kappa shape index (κ1) is 38.5. The van der Waals surface area contributed by atoms with Crippen LogP contribution in [0.2, 0.25) is 5.02 Å². The van der Waals surface area contributed by atoms with Gasteiger partial charge in [0.2, 0.25) is 0 Å². The lowest BCUT2D eigenvalue weighted by atomic mass is 9.89. The van der Waals surface area contributed by atoms with Gasteiger partial charge >= 0.3 is 5.97 Å². The molecule has 10 heteroatoms. The standard InChI is InChI=1S/C44H45ClN4O5/c1-27-33(7-5-9-37(27)38-10-6-8-36(28(38)2)31-11-13-39-32(16-31)12-14-41(39)49(3)4)26-54-43-19-42(53-25-30-15-29(20-46)21-47-22-30)34(17-40(43)45)23-48-24-35(50)18-44(51)52/h5-11,13,15-17,19,21-22,35,41,48,50H,12,14,18,23-26H2,1-4H3,(H,51,52)/t35-,41?/m0/s1. The minimum Gasteiger partial charge on any atom is -0.488 e. The lowest BCUT2D eigenvalue weighted by Crippen LogP contribution is -2.28. The molecule has 9 nitrogen and oxygen atoms in total. The molecule has 1 aliphatic rings. The number of nitrogens with zero attached hydrogens (tertiary/aromatic N) is 3. The zero-order valence-corrected chi connectivity index (χ0v) is 31.8. The van der Waals surface area contributed by atoms with Gasteiger partial charge in [0.05, 0.1) is 23.1 Å². The Labute approximate surface area is 321 Å². The van der Waals surface area contributed by atoms with Crippen LogP contribution in [-0.2, 0) is 31.0 Å². The van der Waals surface area contributed by atoms with E-state index in [1.807, 2.05) is 0 Å². The Balaban J connectivity index is 1.22. The monoisotopic (exact) mass is 744 g/mol. The van der Waals surface area contributed by atoms with Gasteiger partial charge in [-0.25, -0.2) is 0 Å². The predicted molar refractivity (Wildman–Crippen MR) is 211 cm³/mol. The summed E-state index contributed by atoms with van der Waals surface area (Å²) in [6, 6.07) is 27.5. The van der Waals surface area contributed by atoms with Crippen molar-refractivity contribution in [3.8, 4) is 39.8 Å². The van der Waals surface area contributed by atoms with Crippen LogP contribution in [0.1, 0.15) is 63.4 Å². The first-order chi connectivity index (χ1) is 26.0. The van der Waals surface area contributed by atoms with E-state index in [4.69, 9.17) is 26.2 Å². The van der Waals surface area contributed by atoms with Gasteiger partial charge in [-0.1, -0.05) is 66.2 Å². The topological polar surface area (TPSA) is 128 Å². The first-order valence-electron chi connectivity index (χ1n) is 18.0. The van der Waals surface area contributed by atoms with Gasteiger partial charge in [-0.15, -0.1) is 0 Å². The fourth-order valence-electron chi connectivity index (χ4n) is 7.22. The molecule has 1 aliphatic carbocycles. The van der Waals surface area contributed by atoms with Gasteiger partial charge in [0.1, 0.15) is 30.8 Å². The van der Waals surface area contributed by atoms with Crippen molar-refractivity contribution < 1.29 is 24.5 Å². The Kier molecular flexibility index (Phi) is 12.3. The summed E-state index contributed by atoms with van der Waals surface area (Å²) in [6.45, 7) is 5.04. The molecule has 0 radical (unpaired) electrons. The van der Waals surface area contributed by atoms with E-state index in [2.05, 4.69) is 104 Å². The molecular formula is C44H45ClN4O5. The van der Waals surface area contributed by atoms with E-state index < -0.39 is 12.1 Å². The second-order valence-electron chi connectivity index (χ2n) is 14.0. The quantitative estimate of drug-likeness (QED) is 0.0972. The van der Waals surface area contributed by atoms with Gasteiger partial charge < -0.3 is 29.9 Å². The molecule has 0 spiro atoms. The van der Waals surface area contributed by atoms with Gasteiger partial charge in [0, 0.05) is 48.7 Å². The van der Waals surface area contributed by atoms with Crippen molar-refractivity contribution in [2.45, 2.75) is 65.0 Å². The fourth-order valence-corrected chi connectivity index (χ4v) is 7.46. The van der Waals surface area contributed by atoms with Crippen LogP contribution in [0.25, 0.3) is 22.3 Å². The number of fused-ring (bicyclic) bond motifs is 1. The molecule has 0 saturated heterocycles. The molecule has 5 aromatic rings. The average Bonchev–Trinajstić information content (AvgIpc) is 3.58. The SMILES string of the molecule is Cc1c(COc2cc(OCc3cncc(C#N)c3)c(CNC[C@@H](O)CC(=O)O)cc2Cl)cccc1-c1cccc(-c2ccc3c(c2)CCC3N(C)C)c1C. The number of carboxylic acids is 1. The summed E-state index contributed by atoms with van der Waals surface area (Å²) >= 11 is 6.77. The minimum absolute atomic E-state index is 0.0677.